The van der Waals surface area contributed by atoms with Crippen LogP contribution in [0.25, 0.3) is 0 Å². The Hall–Kier alpha value is -1.44. The summed E-state index contributed by atoms with van der Waals surface area (Å²) in [5, 5.41) is 9.15. The van der Waals surface area contributed by atoms with Crippen LogP contribution in [0.1, 0.15) is 35.2 Å². The third-order valence-electron chi connectivity index (χ3n) is 4.40. The monoisotopic (exact) mass is 341 g/mol. The Morgan fingerprint density at radius 1 is 1.35 bits per heavy atom. The maximum atomic E-state index is 12.7. The highest BCUT2D eigenvalue weighted by Gasteiger charge is 2.26. The topological polar surface area (TPSA) is 83.9 Å². The number of sulfonamides is 1. The summed E-state index contributed by atoms with van der Waals surface area (Å²) in [5.74, 6) is -0.641. The molecule has 23 heavy (non-hydrogen) atoms. The summed E-state index contributed by atoms with van der Waals surface area (Å²) in [6.07, 6.45) is 2.71. The molecule has 128 valence electrons. The maximum absolute atomic E-state index is 12.7. The van der Waals surface area contributed by atoms with E-state index in [1.807, 2.05) is 0 Å². The third-order valence-corrected chi connectivity index (χ3v) is 6.40. The lowest BCUT2D eigenvalue weighted by atomic mass is 9.97. The van der Waals surface area contributed by atoms with Crippen molar-refractivity contribution < 1.29 is 23.1 Å². The SMILES string of the molecule is Cc1c(C(=O)O)cccc1S(=O)(=O)N(C)CCC1CCOCC1. The van der Waals surface area contributed by atoms with Crippen molar-refractivity contribution in [2.45, 2.75) is 31.1 Å². The van der Waals surface area contributed by atoms with Crippen LogP contribution in [0, 0.1) is 12.8 Å². The van der Waals surface area contributed by atoms with Gasteiger partial charge in [-0.25, -0.2) is 17.5 Å². The predicted octanol–water partition coefficient (Wildman–Crippen LogP) is 2.13. The second-order valence-electron chi connectivity index (χ2n) is 5.90. The summed E-state index contributed by atoms with van der Waals surface area (Å²) in [5.41, 5.74) is 0.293. The number of carboxylic acid groups (broad SMARTS) is 1. The molecule has 1 aliphatic heterocycles. The minimum absolute atomic E-state index is 0.0175. The molecule has 0 atom stereocenters. The molecule has 0 bridgehead atoms. The van der Waals surface area contributed by atoms with Gasteiger partial charge in [-0.3, -0.25) is 0 Å². The van der Waals surface area contributed by atoms with Crippen LogP contribution in [0.4, 0.5) is 0 Å². The Kier molecular flexibility index (Phi) is 5.78. The molecular weight excluding hydrogens is 318 g/mol. The average molecular weight is 341 g/mol. The van der Waals surface area contributed by atoms with E-state index in [9.17, 15) is 13.2 Å². The molecule has 1 aliphatic rings. The van der Waals surface area contributed by atoms with Gasteiger partial charge in [0.1, 0.15) is 0 Å². The van der Waals surface area contributed by atoms with E-state index in [4.69, 9.17) is 9.84 Å². The van der Waals surface area contributed by atoms with Crippen LogP contribution in [0.5, 0.6) is 0 Å². The first kappa shape index (κ1) is 17.9. The maximum Gasteiger partial charge on any atom is 0.335 e. The highest BCUT2D eigenvalue weighted by Crippen LogP contribution is 2.24. The Balaban J connectivity index is 2.14. The molecule has 0 amide bonds. The largest absolute Gasteiger partial charge is 0.478 e. The standard InChI is InChI=1S/C16H23NO5S/c1-12-14(16(18)19)4-3-5-15(12)23(20,21)17(2)9-6-13-7-10-22-11-8-13/h3-5,13H,6-11H2,1-2H3,(H,18,19). The molecule has 0 saturated carbocycles. The van der Waals surface area contributed by atoms with E-state index in [1.165, 1.54) is 29.4 Å². The van der Waals surface area contributed by atoms with Crippen molar-refractivity contribution in [3.63, 3.8) is 0 Å². The third kappa shape index (κ3) is 4.10. The summed E-state index contributed by atoms with van der Waals surface area (Å²) in [4.78, 5) is 11.2. The second kappa shape index (κ2) is 7.42. The predicted molar refractivity (Wildman–Crippen MR) is 86.1 cm³/mol. The fraction of sp³-hybridized carbons (Fsp3) is 0.562. The van der Waals surface area contributed by atoms with E-state index < -0.39 is 16.0 Å². The van der Waals surface area contributed by atoms with Crippen molar-refractivity contribution >= 4 is 16.0 Å². The van der Waals surface area contributed by atoms with E-state index >= 15 is 0 Å². The molecule has 1 aromatic carbocycles. The van der Waals surface area contributed by atoms with Gasteiger partial charge >= 0.3 is 5.97 Å². The van der Waals surface area contributed by atoms with Crippen molar-refractivity contribution in [2.24, 2.45) is 5.92 Å². The molecular formula is C16H23NO5S. The zero-order chi connectivity index (χ0) is 17.0. The van der Waals surface area contributed by atoms with E-state index in [0.717, 1.165) is 32.5 Å². The molecule has 1 heterocycles. The fourth-order valence-corrected chi connectivity index (χ4v) is 4.24. The zero-order valence-electron chi connectivity index (χ0n) is 13.5. The highest BCUT2D eigenvalue weighted by atomic mass is 32.2. The van der Waals surface area contributed by atoms with Crippen LogP contribution in [0.3, 0.4) is 0 Å². The van der Waals surface area contributed by atoms with Crippen molar-refractivity contribution in [2.75, 3.05) is 26.8 Å². The molecule has 1 saturated heterocycles. The summed E-state index contributed by atoms with van der Waals surface area (Å²) >= 11 is 0. The molecule has 0 radical (unpaired) electrons. The van der Waals surface area contributed by atoms with Crippen LogP contribution in [-0.2, 0) is 14.8 Å². The zero-order valence-corrected chi connectivity index (χ0v) is 14.3. The smallest absolute Gasteiger partial charge is 0.335 e. The van der Waals surface area contributed by atoms with Gasteiger partial charge in [0.05, 0.1) is 10.5 Å². The van der Waals surface area contributed by atoms with Crippen LogP contribution in [-0.4, -0.2) is 50.6 Å². The van der Waals surface area contributed by atoms with Gasteiger partial charge in [0, 0.05) is 26.8 Å². The number of nitrogens with zero attached hydrogens (tertiary/aromatic N) is 1. The Bertz CT molecular complexity index is 665. The number of aromatic carboxylic acids is 1. The quantitative estimate of drug-likeness (QED) is 0.857. The van der Waals surface area contributed by atoms with Crippen LogP contribution in [0.2, 0.25) is 0 Å². The molecule has 1 N–H and O–H groups in total. The Morgan fingerprint density at radius 2 is 2.00 bits per heavy atom. The minimum Gasteiger partial charge on any atom is -0.478 e. The molecule has 2 rings (SSSR count). The Labute approximate surface area is 137 Å². The molecule has 0 unspecified atom stereocenters. The summed E-state index contributed by atoms with van der Waals surface area (Å²) < 4.78 is 32.0. The number of carbonyl (C=O) groups is 1. The van der Waals surface area contributed by atoms with Gasteiger partial charge in [0.2, 0.25) is 10.0 Å². The first-order valence-corrected chi connectivity index (χ1v) is 9.15. The van der Waals surface area contributed by atoms with Crippen LogP contribution < -0.4 is 0 Å². The van der Waals surface area contributed by atoms with Gasteiger partial charge in [-0.1, -0.05) is 6.07 Å². The first-order valence-electron chi connectivity index (χ1n) is 7.71. The average Bonchev–Trinajstić information content (AvgIpc) is 2.53. The number of ether oxygens (including phenoxy) is 1. The highest BCUT2D eigenvalue weighted by molar-refractivity contribution is 7.89. The number of hydrogen-bond donors (Lipinski definition) is 1. The number of rotatable bonds is 6. The van der Waals surface area contributed by atoms with Crippen molar-refractivity contribution in [1.82, 2.24) is 4.31 Å². The number of benzene rings is 1. The molecule has 0 aromatic heterocycles. The second-order valence-corrected chi connectivity index (χ2v) is 7.92. The lowest BCUT2D eigenvalue weighted by Crippen LogP contribution is -2.31. The van der Waals surface area contributed by atoms with Gasteiger partial charge in [-0.2, -0.15) is 0 Å². The first-order chi connectivity index (χ1) is 10.8. The van der Waals surface area contributed by atoms with Crippen LogP contribution >= 0.6 is 0 Å². The number of hydrogen-bond acceptors (Lipinski definition) is 4. The van der Waals surface area contributed by atoms with E-state index in [1.54, 1.807) is 7.05 Å². The fourth-order valence-electron chi connectivity index (χ4n) is 2.81. The van der Waals surface area contributed by atoms with E-state index in [-0.39, 0.29) is 16.0 Å². The van der Waals surface area contributed by atoms with Crippen LogP contribution in [0.15, 0.2) is 23.1 Å². The van der Waals surface area contributed by atoms with Crippen molar-refractivity contribution in [3.8, 4) is 0 Å². The van der Waals surface area contributed by atoms with Crippen molar-refractivity contribution in [3.05, 3.63) is 29.3 Å². The molecule has 1 aromatic rings. The van der Waals surface area contributed by atoms with E-state index in [0.29, 0.717) is 12.5 Å². The Morgan fingerprint density at radius 3 is 2.61 bits per heavy atom. The van der Waals surface area contributed by atoms with Gasteiger partial charge in [-0.05, 0) is 49.8 Å². The summed E-state index contributed by atoms with van der Waals surface area (Å²) in [6.45, 7) is 3.42. The van der Waals surface area contributed by atoms with Crippen molar-refractivity contribution in [1.29, 1.82) is 0 Å². The molecule has 0 aliphatic carbocycles. The van der Waals surface area contributed by atoms with Gasteiger partial charge in [0.15, 0.2) is 0 Å². The van der Waals surface area contributed by atoms with E-state index in [2.05, 4.69) is 0 Å². The van der Waals surface area contributed by atoms with Gasteiger partial charge in [0.25, 0.3) is 0 Å². The van der Waals surface area contributed by atoms with Gasteiger partial charge in [-0.15, -0.1) is 0 Å². The normalized spacial score (nSPS) is 16.7. The molecule has 6 nitrogen and oxygen atoms in total. The molecule has 0 spiro atoms. The minimum atomic E-state index is -3.69. The number of carboxylic acids is 1. The molecule has 7 heteroatoms. The molecule has 1 fully saturated rings. The summed E-state index contributed by atoms with van der Waals surface area (Å²) in [6, 6.07) is 4.34. The lowest BCUT2D eigenvalue weighted by Gasteiger charge is -2.25. The summed E-state index contributed by atoms with van der Waals surface area (Å²) in [7, 11) is -2.14. The van der Waals surface area contributed by atoms with Gasteiger partial charge < -0.3 is 9.84 Å². The lowest BCUT2D eigenvalue weighted by molar-refractivity contribution is 0.0628.